The van der Waals surface area contributed by atoms with Gasteiger partial charge in [0.1, 0.15) is 0 Å². The van der Waals surface area contributed by atoms with Crippen LogP contribution in [0.1, 0.15) is 32.8 Å². The molecule has 0 saturated carbocycles. The first kappa shape index (κ1) is 14.7. The van der Waals surface area contributed by atoms with Gasteiger partial charge >= 0.3 is 0 Å². The van der Waals surface area contributed by atoms with Crippen molar-refractivity contribution in [1.29, 1.82) is 0 Å². The van der Waals surface area contributed by atoms with Gasteiger partial charge in [0.15, 0.2) is 0 Å². The van der Waals surface area contributed by atoms with E-state index in [0.29, 0.717) is 13.0 Å². The first-order valence-corrected chi connectivity index (χ1v) is 6.46. The van der Waals surface area contributed by atoms with E-state index in [-0.39, 0.29) is 11.3 Å². The molecule has 18 heavy (non-hydrogen) atoms. The molecule has 0 fully saturated rings. The smallest absolute Gasteiger partial charge is 0.219 e. The number of carbonyl (C=O) groups is 1. The zero-order valence-corrected chi connectivity index (χ0v) is 11.4. The summed E-state index contributed by atoms with van der Waals surface area (Å²) < 4.78 is 0. The van der Waals surface area contributed by atoms with Crippen molar-refractivity contribution in [2.24, 2.45) is 5.41 Å². The monoisotopic (exact) mass is 249 g/mol. The Labute approximate surface area is 109 Å². The van der Waals surface area contributed by atoms with E-state index < -0.39 is 6.10 Å². The summed E-state index contributed by atoms with van der Waals surface area (Å²) in [7, 11) is 0. The van der Waals surface area contributed by atoms with Crippen molar-refractivity contribution in [3.63, 3.8) is 0 Å². The third kappa shape index (κ3) is 4.15. The van der Waals surface area contributed by atoms with Gasteiger partial charge in [-0.2, -0.15) is 0 Å². The van der Waals surface area contributed by atoms with Gasteiger partial charge in [0, 0.05) is 18.4 Å². The van der Waals surface area contributed by atoms with E-state index in [0.717, 1.165) is 6.42 Å². The Bertz CT molecular complexity index is 375. The molecule has 0 aliphatic carbocycles. The predicted molar refractivity (Wildman–Crippen MR) is 73.2 cm³/mol. The van der Waals surface area contributed by atoms with Gasteiger partial charge in [-0.05, 0) is 18.9 Å². The molecule has 2 unspecified atom stereocenters. The molecule has 0 bridgehead atoms. The molecule has 0 radical (unpaired) electrons. The molecule has 0 aromatic heterocycles. The number of benzene rings is 1. The number of amides is 1. The predicted octanol–water partition coefficient (Wildman–Crippen LogP) is 2.14. The summed E-state index contributed by atoms with van der Waals surface area (Å²) in [6.07, 6.45) is 0.742. The SMILES string of the molecule is CCC(=O)NCC(C)(Cc1ccccc1)C(C)O. The van der Waals surface area contributed by atoms with Crippen molar-refractivity contribution in [3.05, 3.63) is 35.9 Å². The van der Waals surface area contributed by atoms with Crippen LogP contribution in [-0.2, 0) is 11.2 Å². The lowest BCUT2D eigenvalue weighted by Gasteiger charge is -2.33. The summed E-state index contributed by atoms with van der Waals surface area (Å²) in [5, 5.41) is 12.8. The van der Waals surface area contributed by atoms with Crippen molar-refractivity contribution in [1.82, 2.24) is 5.32 Å². The van der Waals surface area contributed by atoms with Gasteiger partial charge in [-0.25, -0.2) is 0 Å². The van der Waals surface area contributed by atoms with E-state index >= 15 is 0 Å². The molecule has 1 amide bonds. The molecule has 0 saturated heterocycles. The summed E-state index contributed by atoms with van der Waals surface area (Å²) in [4.78, 5) is 11.3. The molecule has 2 N–H and O–H groups in total. The van der Waals surface area contributed by atoms with E-state index in [1.165, 1.54) is 5.56 Å². The lowest BCUT2D eigenvalue weighted by molar-refractivity contribution is -0.121. The van der Waals surface area contributed by atoms with Crippen LogP contribution in [0.4, 0.5) is 0 Å². The van der Waals surface area contributed by atoms with Gasteiger partial charge < -0.3 is 10.4 Å². The number of nitrogens with one attached hydrogen (secondary N) is 1. The van der Waals surface area contributed by atoms with Crippen LogP contribution in [0, 0.1) is 5.41 Å². The lowest BCUT2D eigenvalue weighted by atomic mass is 9.79. The maximum atomic E-state index is 11.3. The second-order valence-electron chi connectivity index (χ2n) is 5.12. The highest BCUT2D eigenvalue weighted by molar-refractivity contribution is 5.75. The van der Waals surface area contributed by atoms with Crippen LogP contribution in [0.25, 0.3) is 0 Å². The molecule has 0 aliphatic rings. The van der Waals surface area contributed by atoms with Crippen LogP contribution < -0.4 is 5.32 Å². The van der Waals surface area contributed by atoms with Crippen molar-refractivity contribution in [3.8, 4) is 0 Å². The summed E-state index contributed by atoms with van der Waals surface area (Å²) in [6, 6.07) is 10.0. The zero-order chi connectivity index (χ0) is 13.6. The summed E-state index contributed by atoms with van der Waals surface area (Å²) in [5.41, 5.74) is 0.832. The average Bonchev–Trinajstić information content (AvgIpc) is 2.37. The second-order valence-corrected chi connectivity index (χ2v) is 5.12. The molecule has 2 atom stereocenters. The van der Waals surface area contributed by atoms with E-state index in [1.807, 2.05) is 44.2 Å². The summed E-state index contributed by atoms with van der Waals surface area (Å²) in [6.45, 7) is 6.10. The lowest BCUT2D eigenvalue weighted by Crippen LogP contribution is -2.43. The number of rotatable bonds is 6. The van der Waals surface area contributed by atoms with Gasteiger partial charge in [-0.3, -0.25) is 4.79 Å². The first-order chi connectivity index (χ1) is 8.48. The number of carbonyl (C=O) groups excluding carboxylic acids is 1. The number of aliphatic hydroxyl groups is 1. The zero-order valence-electron chi connectivity index (χ0n) is 11.4. The fourth-order valence-corrected chi connectivity index (χ4v) is 1.85. The number of hydrogen-bond donors (Lipinski definition) is 2. The molecular formula is C15H23NO2. The highest BCUT2D eigenvalue weighted by Gasteiger charge is 2.30. The third-order valence-electron chi connectivity index (χ3n) is 3.47. The molecule has 100 valence electrons. The molecule has 3 heteroatoms. The first-order valence-electron chi connectivity index (χ1n) is 6.46. The second kappa shape index (κ2) is 6.55. The van der Waals surface area contributed by atoms with Crippen molar-refractivity contribution >= 4 is 5.91 Å². The normalized spacial score (nSPS) is 15.8. The Kier molecular flexibility index (Phi) is 5.35. The topological polar surface area (TPSA) is 49.3 Å². The summed E-state index contributed by atoms with van der Waals surface area (Å²) in [5.74, 6) is 0.0231. The minimum absolute atomic E-state index is 0.0231. The van der Waals surface area contributed by atoms with Gasteiger partial charge in [-0.1, -0.05) is 44.2 Å². The maximum absolute atomic E-state index is 11.3. The van der Waals surface area contributed by atoms with Crippen LogP contribution in [0.3, 0.4) is 0 Å². The number of hydrogen-bond acceptors (Lipinski definition) is 2. The largest absolute Gasteiger partial charge is 0.393 e. The quantitative estimate of drug-likeness (QED) is 0.811. The minimum atomic E-state index is -0.477. The Morgan fingerprint density at radius 1 is 1.39 bits per heavy atom. The van der Waals surface area contributed by atoms with Crippen molar-refractivity contribution in [2.45, 2.75) is 39.7 Å². The van der Waals surface area contributed by atoms with Crippen LogP contribution >= 0.6 is 0 Å². The average molecular weight is 249 g/mol. The van der Waals surface area contributed by atoms with Crippen LogP contribution in [0.5, 0.6) is 0 Å². The minimum Gasteiger partial charge on any atom is -0.393 e. The van der Waals surface area contributed by atoms with E-state index in [9.17, 15) is 9.90 Å². The Morgan fingerprint density at radius 2 is 2.00 bits per heavy atom. The van der Waals surface area contributed by atoms with E-state index in [4.69, 9.17) is 0 Å². The van der Waals surface area contributed by atoms with Crippen LogP contribution in [0.15, 0.2) is 30.3 Å². The molecule has 0 spiro atoms. The van der Waals surface area contributed by atoms with E-state index in [1.54, 1.807) is 6.92 Å². The van der Waals surface area contributed by atoms with Crippen LogP contribution in [0.2, 0.25) is 0 Å². The van der Waals surface area contributed by atoms with Crippen molar-refractivity contribution in [2.75, 3.05) is 6.54 Å². The van der Waals surface area contributed by atoms with E-state index in [2.05, 4.69) is 5.32 Å². The molecule has 0 aliphatic heterocycles. The molecule has 1 rings (SSSR count). The van der Waals surface area contributed by atoms with Gasteiger partial charge in [0.25, 0.3) is 0 Å². The standard InChI is InChI=1S/C15H23NO2/c1-4-14(18)16-11-15(3,12(2)17)10-13-8-6-5-7-9-13/h5-9,12,17H,4,10-11H2,1-3H3,(H,16,18). The summed E-state index contributed by atoms with van der Waals surface area (Å²) >= 11 is 0. The molecule has 1 aromatic carbocycles. The molecule has 1 aromatic rings. The Balaban J connectivity index is 2.71. The molecule has 0 heterocycles. The fourth-order valence-electron chi connectivity index (χ4n) is 1.85. The Morgan fingerprint density at radius 3 is 2.50 bits per heavy atom. The molecular weight excluding hydrogens is 226 g/mol. The van der Waals surface area contributed by atoms with Crippen molar-refractivity contribution < 1.29 is 9.90 Å². The van der Waals surface area contributed by atoms with Gasteiger partial charge in [-0.15, -0.1) is 0 Å². The third-order valence-corrected chi connectivity index (χ3v) is 3.47. The Hall–Kier alpha value is -1.35. The fraction of sp³-hybridized carbons (Fsp3) is 0.533. The molecule has 3 nitrogen and oxygen atoms in total. The van der Waals surface area contributed by atoms with Gasteiger partial charge in [0.2, 0.25) is 5.91 Å². The van der Waals surface area contributed by atoms with Gasteiger partial charge in [0.05, 0.1) is 6.10 Å². The maximum Gasteiger partial charge on any atom is 0.219 e. The highest BCUT2D eigenvalue weighted by atomic mass is 16.3. The van der Waals surface area contributed by atoms with Crippen LogP contribution in [-0.4, -0.2) is 23.7 Å². The highest BCUT2D eigenvalue weighted by Crippen LogP contribution is 2.26. The number of aliphatic hydroxyl groups excluding tert-OH is 1.